The highest BCUT2D eigenvalue weighted by atomic mass is 35.5. The van der Waals surface area contributed by atoms with Gasteiger partial charge in [0.05, 0.1) is 12.1 Å². The molecule has 2 unspecified atom stereocenters. The molecule has 0 spiro atoms. The van der Waals surface area contributed by atoms with Gasteiger partial charge in [-0.1, -0.05) is 11.6 Å². The molecular weight excluding hydrogens is 248 g/mol. The molecule has 2 atom stereocenters. The molecular formula is C14H21ClN2O. The van der Waals surface area contributed by atoms with Crippen LogP contribution in [0.1, 0.15) is 20.3 Å². The van der Waals surface area contributed by atoms with Crippen molar-refractivity contribution in [2.75, 3.05) is 25.1 Å². The average Bonchev–Trinajstić information content (AvgIpc) is 2.50. The topological polar surface area (TPSA) is 24.5 Å². The Hall–Kier alpha value is -0.930. The molecule has 4 heteroatoms. The molecule has 1 aliphatic heterocycles. The van der Waals surface area contributed by atoms with Gasteiger partial charge in [-0.15, -0.1) is 0 Å². The molecule has 1 saturated heterocycles. The third kappa shape index (κ3) is 2.73. The highest BCUT2D eigenvalue weighted by Crippen LogP contribution is 2.31. The summed E-state index contributed by atoms with van der Waals surface area (Å²) >= 11 is 6.22. The molecule has 2 rings (SSSR count). The standard InChI is InChI=1S/C14H21ClN2O/c1-10-6-7-16-9-11(2)17(10)12-4-5-14(18-3)13(15)8-12/h4-5,8,10-11,16H,6-7,9H2,1-3H3. The van der Waals surface area contributed by atoms with E-state index in [1.54, 1.807) is 7.11 Å². The Morgan fingerprint density at radius 1 is 1.33 bits per heavy atom. The zero-order chi connectivity index (χ0) is 13.1. The van der Waals surface area contributed by atoms with E-state index >= 15 is 0 Å². The van der Waals surface area contributed by atoms with Crippen molar-refractivity contribution in [2.45, 2.75) is 32.4 Å². The fourth-order valence-corrected chi connectivity index (χ4v) is 2.87. The summed E-state index contributed by atoms with van der Waals surface area (Å²) in [5, 5.41) is 4.14. The van der Waals surface area contributed by atoms with Crippen molar-refractivity contribution in [1.29, 1.82) is 0 Å². The molecule has 100 valence electrons. The van der Waals surface area contributed by atoms with Gasteiger partial charge in [-0.25, -0.2) is 0 Å². The van der Waals surface area contributed by atoms with Crippen LogP contribution in [0.4, 0.5) is 5.69 Å². The first-order valence-corrected chi connectivity index (χ1v) is 6.84. The van der Waals surface area contributed by atoms with E-state index in [2.05, 4.69) is 30.1 Å². The SMILES string of the molecule is COc1ccc(N2C(C)CCNCC2C)cc1Cl. The Bertz CT molecular complexity index is 399. The predicted octanol–water partition coefficient (Wildman–Crippen LogP) is 2.93. The molecule has 1 aromatic carbocycles. The second-order valence-electron chi connectivity index (χ2n) is 4.92. The van der Waals surface area contributed by atoms with Gasteiger partial charge in [-0.3, -0.25) is 0 Å². The van der Waals surface area contributed by atoms with Crippen LogP contribution in [0.5, 0.6) is 5.75 Å². The minimum atomic E-state index is 0.465. The number of rotatable bonds is 2. The minimum absolute atomic E-state index is 0.465. The van der Waals surface area contributed by atoms with Crippen LogP contribution in [-0.4, -0.2) is 32.3 Å². The van der Waals surface area contributed by atoms with E-state index in [1.165, 1.54) is 5.69 Å². The molecule has 1 heterocycles. The molecule has 3 nitrogen and oxygen atoms in total. The first-order chi connectivity index (χ1) is 8.63. The van der Waals surface area contributed by atoms with Gasteiger partial charge in [0, 0.05) is 24.3 Å². The summed E-state index contributed by atoms with van der Waals surface area (Å²) in [6.07, 6.45) is 1.15. The van der Waals surface area contributed by atoms with Crippen molar-refractivity contribution >= 4 is 17.3 Å². The lowest BCUT2D eigenvalue weighted by Gasteiger charge is -2.34. The quantitative estimate of drug-likeness (QED) is 0.893. The van der Waals surface area contributed by atoms with Crippen molar-refractivity contribution in [1.82, 2.24) is 5.32 Å². The fourth-order valence-electron chi connectivity index (χ4n) is 2.62. The first kappa shape index (κ1) is 13.5. The van der Waals surface area contributed by atoms with Gasteiger partial charge in [0.2, 0.25) is 0 Å². The van der Waals surface area contributed by atoms with Gasteiger partial charge in [-0.05, 0) is 45.0 Å². The second-order valence-corrected chi connectivity index (χ2v) is 5.32. The molecule has 1 aliphatic rings. The Labute approximate surface area is 114 Å². The number of methoxy groups -OCH3 is 1. The number of ether oxygens (including phenoxy) is 1. The molecule has 0 aliphatic carbocycles. The van der Waals surface area contributed by atoms with Crippen molar-refractivity contribution in [3.63, 3.8) is 0 Å². The Kier molecular flexibility index (Phi) is 4.36. The van der Waals surface area contributed by atoms with Crippen LogP contribution < -0.4 is 15.0 Å². The smallest absolute Gasteiger partial charge is 0.137 e. The number of anilines is 1. The zero-order valence-corrected chi connectivity index (χ0v) is 12.0. The predicted molar refractivity (Wildman–Crippen MR) is 76.9 cm³/mol. The molecule has 1 N–H and O–H groups in total. The van der Waals surface area contributed by atoms with Gasteiger partial charge in [0.15, 0.2) is 0 Å². The lowest BCUT2D eigenvalue weighted by Crippen LogP contribution is -2.41. The number of halogens is 1. The lowest BCUT2D eigenvalue weighted by molar-refractivity contribution is 0.415. The summed E-state index contributed by atoms with van der Waals surface area (Å²) in [6, 6.07) is 7.00. The molecule has 0 aromatic heterocycles. The van der Waals surface area contributed by atoms with Crippen LogP contribution in [0.2, 0.25) is 5.02 Å². The van der Waals surface area contributed by atoms with E-state index in [4.69, 9.17) is 16.3 Å². The summed E-state index contributed by atoms with van der Waals surface area (Å²) in [5.41, 5.74) is 1.17. The summed E-state index contributed by atoms with van der Waals surface area (Å²) < 4.78 is 5.20. The van der Waals surface area contributed by atoms with Crippen LogP contribution in [0.3, 0.4) is 0 Å². The van der Waals surface area contributed by atoms with Crippen molar-refractivity contribution in [3.05, 3.63) is 23.2 Å². The number of hydrogen-bond donors (Lipinski definition) is 1. The second kappa shape index (κ2) is 5.81. The van der Waals surface area contributed by atoms with Crippen LogP contribution >= 0.6 is 11.6 Å². The third-order valence-electron chi connectivity index (χ3n) is 3.56. The molecule has 18 heavy (non-hydrogen) atoms. The van der Waals surface area contributed by atoms with Crippen molar-refractivity contribution in [3.8, 4) is 5.75 Å². The van der Waals surface area contributed by atoms with E-state index in [-0.39, 0.29) is 0 Å². The van der Waals surface area contributed by atoms with Crippen LogP contribution in [0.15, 0.2) is 18.2 Å². The Morgan fingerprint density at radius 2 is 2.11 bits per heavy atom. The van der Waals surface area contributed by atoms with Crippen LogP contribution in [0, 0.1) is 0 Å². The van der Waals surface area contributed by atoms with Crippen LogP contribution in [0.25, 0.3) is 0 Å². The van der Waals surface area contributed by atoms with E-state index in [9.17, 15) is 0 Å². The number of hydrogen-bond acceptors (Lipinski definition) is 3. The van der Waals surface area contributed by atoms with Gasteiger partial charge < -0.3 is 15.0 Å². The maximum Gasteiger partial charge on any atom is 0.137 e. The average molecular weight is 269 g/mol. The lowest BCUT2D eigenvalue weighted by atomic mass is 10.1. The molecule has 0 radical (unpaired) electrons. The minimum Gasteiger partial charge on any atom is -0.495 e. The number of benzene rings is 1. The normalized spacial score (nSPS) is 24.8. The van der Waals surface area contributed by atoms with E-state index in [1.807, 2.05) is 12.1 Å². The third-order valence-corrected chi connectivity index (χ3v) is 3.86. The maximum atomic E-state index is 6.22. The summed E-state index contributed by atoms with van der Waals surface area (Å²) in [6.45, 7) is 6.59. The number of nitrogens with one attached hydrogen (secondary N) is 1. The highest BCUT2D eigenvalue weighted by molar-refractivity contribution is 6.32. The molecule has 0 amide bonds. The first-order valence-electron chi connectivity index (χ1n) is 6.46. The zero-order valence-electron chi connectivity index (χ0n) is 11.2. The van der Waals surface area contributed by atoms with E-state index in [0.29, 0.717) is 17.1 Å². The maximum absolute atomic E-state index is 6.22. The van der Waals surface area contributed by atoms with E-state index in [0.717, 1.165) is 25.3 Å². The van der Waals surface area contributed by atoms with Gasteiger partial charge >= 0.3 is 0 Å². The highest BCUT2D eigenvalue weighted by Gasteiger charge is 2.23. The fraction of sp³-hybridized carbons (Fsp3) is 0.571. The number of nitrogens with zero attached hydrogens (tertiary/aromatic N) is 1. The van der Waals surface area contributed by atoms with Gasteiger partial charge in [0.1, 0.15) is 5.75 Å². The summed E-state index contributed by atoms with van der Waals surface area (Å²) in [5.74, 6) is 0.730. The van der Waals surface area contributed by atoms with E-state index < -0.39 is 0 Å². The molecule has 0 bridgehead atoms. The molecule has 1 aromatic rings. The Balaban J connectivity index is 2.30. The largest absolute Gasteiger partial charge is 0.495 e. The van der Waals surface area contributed by atoms with Crippen molar-refractivity contribution < 1.29 is 4.74 Å². The van der Waals surface area contributed by atoms with Crippen molar-refractivity contribution in [2.24, 2.45) is 0 Å². The monoisotopic (exact) mass is 268 g/mol. The van der Waals surface area contributed by atoms with Gasteiger partial charge in [0.25, 0.3) is 0 Å². The Morgan fingerprint density at radius 3 is 2.78 bits per heavy atom. The van der Waals surface area contributed by atoms with Crippen LogP contribution in [-0.2, 0) is 0 Å². The summed E-state index contributed by atoms with van der Waals surface area (Å²) in [7, 11) is 1.64. The molecule has 1 fully saturated rings. The summed E-state index contributed by atoms with van der Waals surface area (Å²) in [4.78, 5) is 2.44. The van der Waals surface area contributed by atoms with Gasteiger partial charge in [-0.2, -0.15) is 0 Å². The molecule has 0 saturated carbocycles.